The molecule has 110 valence electrons. The third kappa shape index (κ3) is 4.33. The van der Waals surface area contributed by atoms with Gasteiger partial charge in [-0.1, -0.05) is 40.2 Å². The van der Waals surface area contributed by atoms with Gasteiger partial charge in [0.25, 0.3) is 0 Å². The number of hydrogen-bond donors (Lipinski definition) is 1. The first-order valence-corrected chi connectivity index (χ1v) is 7.54. The summed E-state index contributed by atoms with van der Waals surface area (Å²) in [6.07, 6.45) is 0.441. The highest BCUT2D eigenvalue weighted by molar-refractivity contribution is 9.10. The van der Waals surface area contributed by atoms with Crippen LogP contribution >= 0.6 is 15.9 Å². The zero-order chi connectivity index (χ0) is 15.2. The van der Waals surface area contributed by atoms with Gasteiger partial charge in [0.2, 0.25) is 0 Å². The molecule has 21 heavy (non-hydrogen) atoms. The number of hydrogen-bond acceptors (Lipinski definition) is 2. The summed E-state index contributed by atoms with van der Waals surface area (Å²) < 4.78 is 6.60. The summed E-state index contributed by atoms with van der Waals surface area (Å²) in [5.41, 5.74) is 1.85. The van der Waals surface area contributed by atoms with Crippen molar-refractivity contribution in [3.63, 3.8) is 0 Å². The molecule has 0 bridgehead atoms. The van der Waals surface area contributed by atoms with Crippen molar-refractivity contribution in [3.05, 3.63) is 64.1 Å². The SMILES string of the molecule is Cc1ccccc1C(CCOc1ccc(Br)cc1)C(=O)O. The Bertz CT molecular complexity index is 608. The van der Waals surface area contributed by atoms with Crippen molar-refractivity contribution in [2.75, 3.05) is 6.61 Å². The van der Waals surface area contributed by atoms with Crippen molar-refractivity contribution in [3.8, 4) is 5.75 Å². The largest absolute Gasteiger partial charge is 0.494 e. The van der Waals surface area contributed by atoms with E-state index in [9.17, 15) is 9.90 Å². The number of aryl methyl sites for hydroxylation is 1. The van der Waals surface area contributed by atoms with Crippen molar-refractivity contribution in [1.29, 1.82) is 0 Å². The molecule has 4 heteroatoms. The van der Waals surface area contributed by atoms with Gasteiger partial charge in [-0.3, -0.25) is 4.79 Å². The smallest absolute Gasteiger partial charge is 0.311 e. The fraction of sp³-hybridized carbons (Fsp3) is 0.235. The molecule has 3 nitrogen and oxygen atoms in total. The summed E-state index contributed by atoms with van der Waals surface area (Å²) in [4.78, 5) is 11.5. The lowest BCUT2D eigenvalue weighted by Crippen LogP contribution is -2.16. The Hall–Kier alpha value is -1.81. The Balaban J connectivity index is 2.00. The van der Waals surface area contributed by atoms with Gasteiger partial charge in [-0.2, -0.15) is 0 Å². The standard InChI is InChI=1S/C17H17BrO3/c1-12-4-2-3-5-15(12)16(17(19)20)10-11-21-14-8-6-13(18)7-9-14/h2-9,16H,10-11H2,1H3,(H,19,20). The summed E-state index contributed by atoms with van der Waals surface area (Å²) in [7, 11) is 0. The van der Waals surface area contributed by atoms with E-state index >= 15 is 0 Å². The van der Waals surface area contributed by atoms with Crippen molar-refractivity contribution >= 4 is 21.9 Å². The van der Waals surface area contributed by atoms with Gasteiger partial charge < -0.3 is 9.84 Å². The lowest BCUT2D eigenvalue weighted by atomic mass is 9.92. The molecule has 0 aliphatic carbocycles. The molecule has 0 aromatic heterocycles. The summed E-state index contributed by atoms with van der Waals surface area (Å²) in [6, 6.07) is 15.1. The Labute approximate surface area is 132 Å². The molecule has 0 heterocycles. The van der Waals surface area contributed by atoms with Crippen LogP contribution in [0.1, 0.15) is 23.5 Å². The highest BCUT2D eigenvalue weighted by Crippen LogP contribution is 2.24. The van der Waals surface area contributed by atoms with Crippen LogP contribution in [0, 0.1) is 6.92 Å². The summed E-state index contributed by atoms with van der Waals surface area (Å²) >= 11 is 3.36. The van der Waals surface area contributed by atoms with Gasteiger partial charge in [0.1, 0.15) is 5.75 Å². The molecule has 2 aromatic rings. The first-order valence-electron chi connectivity index (χ1n) is 6.74. The van der Waals surface area contributed by atoms with E-state index in [-0.39, 0.29) is 0 Å². The normalized spacial score (nSPS) is 11.9. The molecule has 0 aliphatic heterocycles. The molecule has 1 N–H and O–H groups in total. The number of benzene rings is 2. The van der Waals surface area contributed by atoms with Crippen molar-refractivity contribution in [2.24, 2.45) is 0 Å². The quantitative estimate of drug-likeness (QED) is 0.841. The van der Waals surface area contributed by atoms with Crippen LogP contribution in [0.25, 0.3) is 0 Å². The maximum absolute atomic E-state index is 11.5. The second kappa shape index (κ2) is 7.27. The molecule has 2 rings (SSSR count). The molecule has 0 saturated heterocycles. The zero-order valence-corrected chi connectivity index (χ0v) is 13.3. The van der Waals surface area contributed by atoms with E-state index in [0.29, 0.717) is 13.0 Å². The first-order chi connectivity index (χ1) is 10.1. The Morgan fingerprint density at radius 1 is 1.19 bits per heavy atom. The maximum atomic E-state index is 11.5. The third-order valence-corrected chi connectivity index (χ3v) is 3.88. The van der Waals surface area contributed by atoms with Crippen LogP contribution in [0.2, 0.25) is 0 Å². The van der Waals surface area contributed by atoms with Gasteiger partial charge in [-0.05, 0) is 48.7 Å². The monoisotopic (exact) mass is 348 g/mol. The molecule has 1 atom stereocenters. The molecule has 0 amide bonds. The average molecular weight is 349 g/mol. The number of carboxylic acid groups (broad SMARTS) is 1. The minimum absolute atomic E-state index is 0.368. The zero-order valence-electron chi connectivity index (χ0n) is 11.8. The van der Waals surface area contributed by atoms with E-state index in [1.54, 1.807) is 0 Å². The molecule has 1 unspecified atom stereocenters. The topological polar surface area (TPSA) is 46.5 Å². The van der Waals surface area contributed by atoms with E-state index in [4.69, 9.17) is 4.74 Å². The summed E-state index contributed by atoms with van der Waals surface area (Å²) in [5, 5.41) is 9.42. The number of rotatable bonds is 6. The fourth-order valence-electron chi connectivity index (χ4n) is 2.22. The van der Waals surface area contributed by atoms with Crippen LogP contribution in [-0.4, -0.2) is 17.7 Å². The molecule has 0 spiro atoms. The predicted molar refractivity (Wildman–Crippen MR) is 85.8 cm³/mol. The number of halogens is 1. The second-order valence-corrected chi connectivity index (χ2v) is 5.75. The number of ether oxygens (including phenoxy) is 1. The summed E-state index contributed by atoms with van der Waals surface area (Å²) in [6.45, 7) is 2.30. The van der Waals surface area contributed by atoms with Crippen molar-refractivity contribution in [2.45, 2.75) is 19.3 Å². The molecular formula is C17H17BrO3. The van der Waals surface area contributed by atoms with E-state index in [1.807, 2.05) is 55.5 Å². The van der Waals surface area contributed by atoms with Crippen LogP contribution < -0.4 is 4.74 Å². The molecule has 0 aliphatic rings. The van der Waals surface area contributed by atoms with Crippen LogP contribution in [0.15, 0.2) is 53.0 Å². The molecule has 0 saturated carbocycles. The second-order valence-electron chi connectivity index (χ2n) is 4.84. The van der Waals surface area contributed by atoms with Crippen LogP contribution in [0.4, 0.5) is 0 Å². The highest BCUT2D eigenvalue weighted by atomic mass is 79.9. The molecular weight excluding hydrogens is 332 g/mol. The van der Waals surface area contributed by atoms with Crippen LogP contribution in [0.5, 0.6) is 5.75 Å². The fourth-order valence-corrected chi connectivity index (χ4v) is 2.48. The van der Waals surface area contributed by atoms with Gasteiger partial charge in [0.15, 0.2) is 0 Å². The Kier molecular flexibility index (Phi) is 5.39. The lowest BCUT2D eigenvalue weighted by Gasteiger charge is -2.15. The number of carbonyl (C=O) groups is 1. The van der Waals surface area contributed by atoms with Crippen molar-refractivity contribution in [1.82, 2.24) is 0 Å². The number of carboxylic acids is 1. The van der Waals surface area contributed by atoms with Crippen LogP contribution in [-0.2, 0) is 4.79 Å². The van der Waals surface area contributed by atoms with Crippen LogP contribution in [0.3, 0.4) is 0 Å². The van der Waals surface area contributed by atoms with Gasteiger partial charge in [0, 0.05) is 4.47 Å². The van der Waals surface area contributed by atoms with E-state index in [0.717, 1.165) is 21.3 Å². The third-order valence-electron chi connectivity index (χ3n) is 3.35. The minimum Gasteiger partial charge on any atom is -0.494 e. The van der Waals surface area contributed by atoms with Gasteiger partial charge in [0.05, 0.1) is 12.5 Å². The predicted octanol–water partition coefficient (Wildman–Crippen LogP) is 4.39. The Morgan fingerprint density at radius 2 is 1.86 bits per heavy atom. The van der Waals surface area contributed by atoms with Gasteiger partial charge >= 0.3 is 5.97 Å². The van der Waals surface area contributed by atoms with Gasteiger partial charge in [-0.15, -0.1) is 0 Å². The molecule has 0 radical (unpaired) electrons. The van der Waals surface area contributed by atoms with Crippen molar-refractivity contribution < 1.29 is 14.6 Å². The highest BCUT2D eigenvalue weighted by Gasteiger charge is 2.21. The van der Waals surface area contributed by atoms with E-state index in [2.05, 4.69) is 15.9 Å². The number of aliphatic carboxylic acids is 1. The molecule has 2 aromatic carbocycles. The van der Waals surface area contributed by atoms with E-state index < -0.39 is 11.9 Å². The average Bonchev–Trinajstić information content (AvgIpc) is 2.46. The first kappa shape index (κ1) is 15.6. The van der Waals surface area contributed by atoms with E-state index in [1.165, 1.54) is 0 Å². The lowest BCUT2D eigenvalue weighted by molar-refractivity contribution is -0.139. The summed E-state index contributed by atoms with van der Waals surface area (Å²) in [5.74, 6) is -0.613. The Morgan fingerprint density at radius 3 is 2.48 bits per heavy atom. The maximum Gasteiger partial charge on any atom is 0.311 e. The molecule has 0 fully saturated rings. The minimum atomic E-state index is -0.816. The van der Waals surface area contributed by atoms with Gasteiger partial charge in [-0.25, -0.2) is 0 Å².